The van der Waals surface area contributed by atoms with E-state index in [1.54, 1.807) is 13.2 Å². The van der Waals surface area contributed by atoms with Crippen LogP contribution < -0.4 is 4.74 Å². The summed E-state index contributed by atoms with van der Waals surface area (Å²) in [4.78, 5) is 11.4. The maximum absolute atomic E-state index is 11.4. The predicted octanol–water partition coefficient (Wildman–Crippen LogP) is 3.44. The standard InChI is InChI=1S/C15H20O3/c1-3-4-5-12-18-15(16)11-8-13-6-9-14(17-2)10-7-13/h6-11H,3-5,12H2,1-2H3/b11-8-. The number of rotatable bonds is 7. The second kappa shape index (κ2) is 8.34. The van der Waals surface area contributed by atoms with E-state index in [2.05, 4.69) is 6.92 Å². The summed E-state index contributed by atoms with van der Waals surface area (Å²) < 4.78 is 10.1. The number of hydrogen-bond acceptors (Lipinski definition) is 3. The highest BCUT2D eigenvalue weighted by atomic mass is 16.5. The van der Waals surface area contributed by atoms with E-state index in [0.29, 0.717) is 6.61 Å². The topological polar surface area (TPSA) is 35.5 Å². The molecule has 3 nitrogen and oxygen atoms in total. The van der Waals surface area contributed by atoms with Crippen LogP contribution in [0.3, 0.4) is 0 Å². The van der Waals surface area contributed by atoms with Crippen molar-refractivity contribution in [2.24, 2.45) is 0 Å². The molecule has 0 aromatic heterocycles. The molecule has 0 saturated heterocycles. The van der Waals surface area contributed by atoms with Gasteiger partial charge in [0.25, 0.3) is 0 Å². The van der Waals surface area contributed by atoms with Crippen molar-refractivity contribution in [3.05, 3.63) is 35.9 Å². The van der Waals surface area contributed by atoms with Crippen LogP contribution in [-0.4, -0.2) is 19.7 Å². The van der Waals surface area contributed by atoms with E-state index in [1.165, 1.54) is 6.08 Å². The van der Waals surface area contributed by atoms with Gasteiger partial charge >= 0.3 is 5.97 Å². The molecule has 0 aliphatic rings. The van der Waals surface area contributed by atoms with Crippen molar-refractivity contribution in [1.29, 1.82) is 0 Å². The van der Waals surface area contributed by atoms with E-state index < -0.39 is 0 Å². The van der Waals surface area contributed by atoms with Gasteiger partial charge in [0.15, 0.2) is 0 Å². The minimum absolute atomic E-state index is 0.290. The van der Waals surface area contributed by atoms with Crippen molar-refractivity contribution >= 4 is 12.0 Å². The molecule has 0 atom stereocenters. The van der Waals surface area contributed by atoms with Gasteiger partial charge in [-0.1, -0.05) is 31.9 Å². The number of carbonyl (C=O) groups excluding carboxylic acids is 1. The van der Waals surface area contributed by atoms with Crippen molar-refractivity contribution in [2.45, 2.75) is 26.2 Å². The third-order valence-corrected chi connectivity index (χ3v) is 2.52. The average molecular weight is 248 g/mol. The Bertz CT molecular complexity index is 379. The third-order valence-electron chi connectivity index (χ3n) is 2.52. The van der Waals surface area contributed by atoms with Crippen molar-refractivity contribution in [3.8, 4) is 5.75 Å². The van der Waals surface area contributed by atoms with Gasteiger partial charge in [-0.3, -0.25) is 0 Å². The fourth-order valence-electron chi connectivity index (χ4n) is 1.45. The summed E-state index contributed by atoms with van der Waals surface area (Å²) in [6.45, 7) is 2.62. The summed E-state index contributed by atoms with van der Waals surface area (Å²) in [5.74, 6) is 0.510. The first-order valence-corrected chi connectivity index (χ1v) is 6.25. The fourth-order valence-corrected chi connectivity index (χ4v) is 1.45. The second-order valence-corrected chi connectivity index (χ2v) is 3.98. The van der Waals surface area contributed by atoms with Crippen LogP contribution in [0.1, 0.15) is 31.7 Å². The summed E-state index contributed by atoms with van der Waals surface area (Å²) in [5.41, 5.74) is 0.946. The smallest absolute Gasteiger partial charge is 0.330 e. The average Bonchev–Trinajstić information content (AvgIpc) is 2.42. The van der Waals surface area contributed by atoms with Crippen LogP contribution in [0.2, 0.25) is 0 Å². The summed E-state index contributed by atoms with van der Waals surface area (Å²) in [5, 5.41) is 0. The van der Waals surface area contributed by atoms with Crippen molar-refractivity contribution < 1.29 is 14.3 Å². The van der Waals surface area contributed by atoms with Gasteiger partial charge in [-0.05, 0) is 30.2 Å². The second-order valence-electron chi connectivity index (χ2n) is 3.98. The number of benzene rings is 1. The van der Waals surface area contributed by atoms with Gasteiger partial charge in [-0.25, -0.2) is 4.79 Å². The van der Waals surface area contributed by atoms with Crippen LogP contribution in [0.15, 0.2) is 30.3 Å². The molecule has 1 aromatic carbocycles. The molecule has 0 radical (unpaired) electrons. The highest BCUT2D eigenvalue weighted by Crippen LogP contribution is 2.12. The highest BCUT2D eigenvalue weighted by Gasteiger charge is 1.96. The van der Waals surface area contributed by atoms with Crippen LogP contribution in [0.5, 0.6) is 5.75 Å². The quantitative estimate of drug-likeness (QED) is 0.421. The Hall–Kier alpha value is -1.77. The summed E-state index contributed by atoms with van der Waals surface area (Å²) in [7, 11) is 1.62. The van der Waals surface area contributed by atoms with E-state index in [0.717, 1.165) is 30.6 Å². The number of carbonyl (C=O) groups is 1. The minimum atomic E-state index is -0.290. The molecule has 0 amide bonds. The first-order valence-electron chi connectivity index (χ1n) is 6.25. The lowest BCUT2D eigenvalue weighted by molar-refractivity contribution is -0.137. The minimum Gasteiger partial charge on any atom is -0.497 e. The Morgan fingerprint density at radius 3 is 2.56 bits per heavy atom. The molecule has 0 heterocycles. The van der Waals surface area contributed by atoms with Crippen LogP contribution >= 0.6 is 0 Å². The molecule has 0 bridgehead atoms. The Balaban J connectivity index is 2.35. The van der Waals surface area contributed by atoms with E-state index in [4.69, 9.17) is 9.47 Å². The molecule has 1 aromatic rings. The summed E-state index contributed by atoms with van der Waals surface area (Å²) in [6, 6.07) is 7.48. The first kappa shape index (κ1) is 14.3. The first-order chi connectivity index (χ1) is 8.76. The molecule has 0 aliphatic carbocycles. The summed E-state index contributed by atoms with van der Waals surface area (Å²) in [6.07, 6.45) is 6.34. The van der Waals surface area contributed by atoms with Gasteiger partial charge in [-0.2, -0.15) is 0 Å². The van der Waals surface area contributed by atoms with Crippen LogP contribution in [0.4, 0.5) is 0 Å². The van der Waals surface area contributed by atoms with E-state index in [-0.39, 0.29) is 5.97 Å². The fraction of sp³-hybridized carbons (Fsp3) is 0.400. The number of hydrogen-bond donors (Lipinski definition) is 0. The number of esters is 1. The lowest BCUT2D eigenvalue weighted by Gasteiger charge is -2.01. The Morgan fingerprint density at radius 2 is 1.94 bits per heavy atom. The molecule has 18 heavy (non-hydrogen) atoms. The third kappa shape index (κ3) is 5.53. The van der Waals surface area contributed by atoms with E-state index >= 15 is 0 Å². The van der Waals surface area contributed by atoms with Crippen molar-refractivity contribution in [1.82, 2.24) is 0 Å². The largest absolute Gasteiger partial charge is 0.497 e. The van der Waals surface area contributed by atoms with Crippen LogP contribution in [0, 0.1) is 0 Å². The van der Waals surface area contributed by atoms with Crippen LogP contribution in [0.25, 0.3) is 6.08 Å². The molecule has 0 fully saturated rings. The molecular weight excluding hydrogens is 228 g/mol. The Kier molecular flexibility index (Phi) is 6.62. The Morgan fingerprint density at radius 1 is 1.22 bits per heavy atom. The van der Waals surface area contributed by atoms with Gasteiger partial charge in [-0.15, -0.1) is 0 Å². The molecule has 3 heteroatoms. The molecule has 0 saturated carbocycles. The monoisotopic (exact) mass is 248 g/mol. The zero-order chi connectivity index (χ0) is 13.2. The zero-order valence-electron chi connectivity index (χ0n) is 11.0. The van der Waals surface area contributed by atoms with Gasteiger partial charge in [0.1, 0.15) is 5.75 Å². The lowest BCUT2D eigenvalue weighted by atomic mass is 10.2. The molecule has 98 valence electrons. The number of unbranched alkanes of at least 4 members (excludes halogenated alkanes) is 2. The molecule has 0 aliphatic heterocycles. The van der Waals surface area contributed by atoms with Gasteiger partial charge in [0.05, 0.1) is 13.7 Å². The van der Waals surface area contributed by atoms with E-state index in [1.807, 2.05) is 24.3 Å². The predicted molar refractivity (Wildman–Crippen MR) is 72.5 cm³/mol. The zero-order valence-corrected chi connectivity index (χ0v) is 11.0. The van der Waals surface area contributed by atoms with E-state index in [9.17, 15) is 4.79 Å². The SMILES string of the molecule is CCCCCOC(=O)/C=C\c1ccc(OC)cc1. The highest BCUT2D eigenvalue weighted by molar-refractivity contribution is 5.87. The van der Waals surface area contributed by atoms with Gasteiger partial charge < -0.3 is 9.47 Å². The maximum Gasteiger partial charge on any atom is 0.330 e. The molecular formula is C15H20O3. The molecule has 1 rings (SSSR count). The number of methoxy groups -OCH3 is 1. The maximum atomic E-state index is 11.4. The lowest BCUT2D eigenvalue weighted by Crippen LogP contribution is -2.01. The molecule has 0 unspecified atom stereocenters. The van der Waals surface area contributed by atoms with Gasteiger partial charge in [0.2, 0.25) is 0 Å². The normalized spacial score (nSPS) is 10.6. The van der Waals surface area contributed by atoms with Crippen molar-refractivity contribution in [2.75, 3.05) is 13.7 Å². The van der Waals surface area contributed by atoms with Crippen molar-refractivity contribution in [3.63, 3.8) is 0 Å². The summed E-state index contributed by atoms with van der Waals surface area (Å²) >= 11 is 0. The molecule has 0 spiro atoms. The molecule has 0 N–H and O–H groups in total. The van der Waals surface area contributed by atoms with Crippen LogP contribution in [-0.2, 0) is 9.53 Å². The number of ether oxygens (including phenoxy) is 2. The van der Waals surface area contributed by atoms with Gasteiger partial charge in [0, 0.05) is 6.08 Å². The Labute approximate surface area is 108 Å².